The third-order valence-corrected chi connectivity index (χ3v) is 4.06. The number of hydrogen-bond donors (Lipinski definition) is 1. The average Bonchev–Trinajstić information content (AvgIpc) is 2.73. The Morgan fingerprint density at radius 1 is 1.47 bits per heavy atom. The molecule has 1 saturated heterocycles. The minimum atomic E-state index is 0.285. The Hall–Kier alpha value is -0.580. The van der Waals surface area contributed by atoms with Crippen LogP contribution in [0.3, 0.4) is 0 Å². The standard InChI is InChI=1S/C12H21ClN4/c1-4-10-12(13)11(16(3)15-10)7-17-5-8(2)9(14)6-17/h8-9H,4-7,14H2,1-3H3. The number of halogens is 1. The predicted octanol–water partition coefficient (Wildman–Crippen LogP) is 1.41. The third-order valence-electron chi connectivity index (χ3n) is 3.62. The van der Waals surface area contributed by atoms with E-state index >= 15 is 0 Å². The van der Waals surface area contributed by atoms with Crippen LogP contribution < -0.4 is 5.73 Å². The number of hydrogen-bond acceptors (Lipinski definition) is 3. The Bertz CT molecular complexity index is 391. The molecule has 96 valence electrons. The molecule has 0 amide bonds. The van der Waals surface area contributed by atoms with Gasteiger partial charge in [-0.2, -0.15) is 5.10 Å². The smallest absolute Gasteiger partial charge is 0.0863 e. The van der Waals surface area contributed by atoms with Gasteiger partial charge >= 0.3 is 0 Å². The quantitative estimate of drug-likeness (QED) is 0.890. The minimum absolute atomic E-state index is 0.285. The maximum absolute atomic E-state index is 6.34. The highest BCUT2D eigenvalue weighted by atomic mass is 35.5. The number of likely N-dealkylation sites (tertiary alicyclic amines) is 1. The lowest BCUT2D eigenvalue weighted by Gasteiger charge is -2.15. The Labute approximate surface area is 108 Å². The summed E-state index contributed by atoms with van der Waals surface area (Å²) < 4.78 is 1.90. The predicted molar refractivity (Wildman–Crippen MR) is 70.0 cm³/mol. The molecule has 2 atom stereocenters. The van der Waals surface area contributed by atoms with Crippen molar-refractivity contribution in [2.45, 2.75) is 32.9 Å². The van der Waals surface area contributed by atoms with Crippen molar-refractivity contribution in [1.82, 2.24) is 14.7 Å². The van der Waals surface area contributed by atoms with Gasteiger partial charge in [0, 0.05) is 32.7 Å². The molecule has 5 heteroatoms. The first-order valence-electron chi connectivity index (χ1n) is 6.21. The van der Waals surface area contributed by atoms with Crippen molar-refractivity contribution in [3.8, 4) is 0 Å². The molecule has 1 aliphatic heterocycles. The lowest BCUT2D eigenvalue weighted by Crippen LogP contribution is -2.28. The fourth-order valence-corrected chi connectivity index (χ4v) is 2.78. The van der Waals surface area contributed by atoms with Crippen molar-refractivity contribution >= 4 is 11.6 Å². The van der Waals surface area contributed by atoms with Crippen LogP contribution in [0.4, 0.5) is 0 Å². The van der Waals surface area contributed by atoms with Gasteiger partial charge in [0.1, 0.15) is 0 Å². The second-order valence-corrected chi connectivity index (χ2v) is 5.40. The summed E-state index contributed by atoms with van der Waals surface area (Å²) in [6.07, 6.45) is 0.878. The molecule has 0 spiro atoms. The zero-order chi connectivity index (χ0) is 12.6. The minimum Gasteiger partial charge on any atom is -0.326 e. The highest BCUT2D eigenvalue weighted by Crippen LogP contribution is 2.24. The highest BCUT2D eigenvalue weighted by molar-refractivity contribution is 6.31. The van der Waals surface area contributed by atoms with Gasteiger partial charge in [-0.1, -0.05) is 25.4 Å². The second-order valence-electron chi connectivity index (χ2n) is 5.02. The maximum Gasteiger partial charge on any atom is 0.0863 e. The molecule has 0 bridgehead atoms. The highest BCUT2D eigenvalue weighted by Gasteiger charge is 2.28. The van der Waals surface area contributed by atoms with Crippen molar-refractivity contribution in [2.24, 2.45) is 18.7 Å². The molecule has 0 saturated carbocycles. The topological polar surface area (TPSA) is 47.1 Å². The van der Waals surface area contributed by atoms with Crippen LogP contribution in [0.25, 0.3) is 0 Å². The van der Waals surface area contributed by atoms with Gasteiger partial charge in [0.05, 0.1) is 16.4 Å². The summed E-state index contributed by atoms with van der Waals surface area (Å²) in [5.74, 6) is 0.563. The fraction of sp³-hybridized carbons (Fsp3) is 0.750. The van der Waals surface area contributed by atoms with E-state index in [1.54, 1.807) is 0 Å². The Kier molecular flexibility index (Phi) is 3.76. The zero-order valence-electron chi connectivity index (χ0n) is 10.8. The summed E-state index contributed by atoms with van der Waals surface area (Å²) in [5, 5.41) is 5.26. The number of nitrogens with zero attached hydrogens (tertiary/aromatic N) is 3. The summed E-state index contributed by atoms with van der Waals surface area (Å²) in [5.41, 5.74) is 8.12. The Morgan fingerprint density at radius 3 is 2.65 bits per heavy atom. The molecule has 0 aliphatic carbocycles. The largest absolute Gasteiger partial charge is 0.326 e. The number of aryl methyl sites for hydroxylation is 2. The fourth-order valence-electron chi connectivity index (χ4n) is 2.43. The van der Waals surface area contributed by atoms with Crippen molar-refractivity contribution in [2.75, 3.05) is 13.1 Å². The van der Waals surface area contributed by atoms with Gasteiger partial charge < -0.3 is 5.73 Å². The molecule has 2 rings (SSSR count). The molecule has 0 radical (unpaired) electrons. The SMILES string of the molecule is CCc1nn(C)c(CN2CC(C)C(N)C2)c1Cl. The van der Waals surface area contributed by atoms with E-state index in [-0.39, 0.29) is 6.04 Å². The van der Waals surface area contributed by atoms with Gasteiger partial charge in [-0.05, 0) is 12.3 Å². The Morgan fingerprint density at radius 2 is 2.18 bits per heavy atom. The monoisotopic (exact) mass is 256 g/mol. The zero-order valence-corrected chi connectivity index (χ0v) is 11.5. The van der Waals surface area contributed by atoms with E-state index in [0.717, 1.165) is 42.5 Å². The first-order chi connectivity index (χ1) is 8.02. The summed E-state index contributed by atoms with van der Waals surface area (Å²) >= 11 is 6.34. The van der Waals surface area contributed by atoms with E-state index in [2.05, 4.69) is 23.8 Å². The van der Waals surface area contributed by atoms with Crippen LogP contribution in [0.2, 0.25) is 5.02 Å². The van der Waals surface area contributed by atoms with Crippen LogP contribution in [0, 0.1) is 5.92 Å². The molecular formula is C12H21ClN4. The first kappa shape index (κ1) is 12.9. The molecule has 0 aromatic carbocycles. The molecular weight excluding hydrogens is 236 g/mol. The van der Waals surface area contributed by atoms with Crippen LogP contribution >= 0.6 is 11.6 Å². The van der Waals surface area contributed by atoms with Crippen LogP contribution in [-0.2, 0) is 20.0 Å². The van der Waals surface area contributed by atoms with Crippen molar-refractivity contribution < 1.29 is 0 Å². The van der Waals surface area contributed by atoms with Gasteiger partial charge in [-0.3, -0.25) is 9.58 Å². The number of rotatable bonds is 3. The normalized spacial score (nSPS) is 25.7. The lowest BCUT2D eigenvalue weighted by atomic mass is 10.1. The lowest BCUT2D eigenvalue weighted by molar-refractivity contribution is 0.309. The van der Waals surface area contributed by atoms with Crippen LogP contribution in [0.1, 0.15) is 25.2 Å². The maximum atomic E-state index is 6.34. The first-order valence-corrected chi connectivity index (χ1v) is 6.58. The third kappa shape index (κ3) is 2.49. The van der Waals surface area contributed by atoms with E-state index < -0.39 is 0 Å². The molecule has 1 aromatic rings. The van der Waals surface area contributed by atoms with E-state index in [9.17, 15) is 0 Å². The van der Waals surface area contributed by atoms with Gasteiger partial charge in [0.15, 0.2) is 0 Å². The molecule has 1 fully saturated rings. The van der Waals surface area contributed by atoms with Crippen LogP contribution in [0.5, 0.6) is 0 Å². The molecule has 2 N–H and O–H groups in total. The van der Waals surface area contributed by atoms with E-state index in [1.807, 2.05) is 11.7 Å². The molecule has 2 unspecified atom stereocenters. The summed E-state index contributed by atoms with van der Waals surface area (Å²) in [6, 6.07) is 0.285. The average molecular weight is 257 g/mol. The second kappa shape index (κ2) is 4.96. The van der Waals surface area contributed by atoms with Gasteiger partial charge in [-0.15, -0.1) is 0 Å². The van der Waals surface area contributed by atoms with Crippen LogP contribution in [-0.4, -0.2) is 33.8 Å². The van der Waals surface area contributed by atoms with E-state index in [1.165, 1.54) is 0 Å². The van der Waals surface area contributed by atoms with E-state index in [4.69, 9.17) is 17.3 Å². The number of aromatic nitrogens is 2. The van der Waals surface area contributed by atoms with Gasteiger partial charge in [0.25, 0.3) is 0 Å². The van der Waals surface area contributed by atoms with E-state index in [0.29, 0.717) is 5.92 Å². The van der Waals surface area contributed by atoms with Gasteiger partial charge in [0.2, 0.25) is 0 Å². The van der Waals surface area contributed by atoms with Crippen molar-refractivity contribution in [3.63, 3.8) is 0 Å². The van der Waals surface area contributed by atoms with Gasteiger partial charge in [-0.25, -0.2) is 0 Å². The van der Waals surface area contributed by atoms with Crippen molar-refractivity contribution in [3.05, 3.63) is 16.4 Å². The number of nitrogens with two attached hydrogens (primary N) is 1. The molecule has 1 aliphatic rings. The van der Waals surface area contributed by atoms with Crippen LogP contribution in [0.15, 0.2) is 0 Å². The summed E-state index contributed by atoms with van der Waals surface area (Å²) in [6.45, 7) is 7.12. The Balaban J connectivity index is 2.11. The summed E-state index contributed by atoms with van der Waals surface area (Å²) in [4.78, 5) is 2.36. The molecule has 1 aromatic heterocycles. The summed E-state index contributed by atoms with van der Waals surface area (Å²) in [7, 11) is 1.96. The molecule has 17 heavy (non-hydrogen) atoms. The molecule has 4 nitrogen and oxygen atoms in total. The molecule has 2 heterocycles. The van der Waals surface area contributed by atoms with Crippen molar-refractivity contribution in [1.29, 1.82) is 0 Å².